The molecule has 4 aromatic heterocycles. The molecule has 1 N–H and O–H groups in total. The molecule has 0 atom stereocenters. The molecule has 0 aromatic carbocycles. The number of imidazole rings is 1. The Morgan fingerprint density at radius 1 is 1.28 bits per heavy atom. The average Bonchev–Trinajstić information content (AvgIpc) is 3.17. The topological polar surface area (TPSA) is 98.2 Å². The largest absolute Gasteiger partial charge is 0.477 e. The van der Waals surface area contributed by atoms with Crippen molar-refractivity contribution in [3.8, 4) is 11.4 Å². The van der Waals surface area contributed by atoms with Crippen LogP contribution in [0.2, 0.25) is 0 Å². The molecule has 8 nitrogen and oxygen atoms in total. The van der Waals surface area contributed by atoms with E-state index in [9.17, 15) is 23.1 Å². The van der Waals surface area contributed by atoms with Gasteiger partial charge in [-0.15, -0.1) is 11.8 Å². The molecule has 29 heavy (non-hydrogen) atoms. The normalized spacial score (nSPS) is 12.2. The van der Waals surface area contributed by atoms with E-state index >= 15 is 0 Å². The van der Waals surface area contributed by atoms with E-state index in [1.54, 1.807) is 11.6 Å². The number of fused-ring (bicyclic) bond motifs is 2. The molecule has 12 heteroatoms. The van der Waals surface area contributed by atoms with Crippen molar-refractivity contribution in [2.45, 2.75) is 18.1 Å². The minimum absolute atomic E-state index is 0.0681. The molecule has 0 aliphatic carbocycles. The van der Waals surface area contributed by atoms with Gasteiger partial charge in [-0.1, -0.05) is 6.92 Å². The number of aryl methyl sites for hydroxylation is 1. The zero-order valence-electron chi connectivity index (χ0n) is 15.1. The lowest BCUT2D eigenvalue weighted by molar-refractivity contribution is -0.137. The first-order chi connectivity index (χ1) is 13.7. The number of carbonyl (C=O) groups is 1. The molecule has 4 rings (SSSR count). The van der Waals surface area contributed by atoms with Crippen LogP contribution in [0.25, 0.3) is 28.2 Å². The van der Waals surface area contributed by atoms with Gasteiger partial charge < -0.3 is 9.67 Å². The van der Waals surface area contributed by atoms with Crippen LogP contribution >= 0.6 is 11.8 Å². The van der Waals surface area contributed by atoms with Crippen LogP contribution in [-0.2, 0) is 13.2 Å². The van der Waals surface area contributed by atoms with Gasteiger partial charge in [0.1, 0.15) is 16.4 Å². The maximum absolute atomic E-state index is 13.0. The van der Waals surface area contributed by atoms with E-state index in [0.717, 1.165) is 12.3 Å². The number of pyridine rings is 1. The smallest absolute Gasteiger partial charge is 0.417 e. The van der Waals surface area contributed by atoms with E-state index in [4.69, 9.17) is 0 Å². The van der Waals surface area contributed by atoms with Crippen molar-refractivity contribution in [2.75, 3.05) is 5.75 Å². The molecule has 0 unspecified atom stereocenters. The Bertz CT molecular complexity index is 1260. The van der Waals surface area contributed by atoms with E-state index < -0.39 is 17.7 Å². The first kappa shape index (κ1) is 19.2. The summed E-state index contributed by atoms with van der Waals surface area (Å²) in [4.78, 5) is 24.0. The molecule has 150 valence electrons. The monoisotopic (exact) mass is 422 g/mol. The highest BCUT2D eigenvalue weighted by molar-refractivity contribution is 7.99. The van der Waals surface area contributed by atoms with Crippen molar-refractivity contribution in [3.05, 3.63) is 35.8 Å². The number of hydrogen-bond acceptors (Lipinski definition) is 6. The summed E-state index contributed by atoms with van der Waals surface area (Å²) >= 11 is 1.35. The zero-order chi connectivity index (χ0) is 20.9. The van der Waals surface area contributed by atoms with Crippen LogP contribution in [0.15, 0.2) is 29.6 Å². The Morgan fingerprint density at radius 3 is 2.69 bits per heavy atom. The number of rotatable bonds is 4. The van der Waals surface area contributed by atoms with Gasteiger partial charge in [-0.2, -0.15) is 18.3 Å². The molecule has 0 fully saturated rings. The van der Waals surface area contributed by atoms with Crippen molar-refractivity contribution in [2.24, 2.45) is 7.05 Å². The molecule has 0 saturated heterocycles. The number of halogens is 3. The molecule has 0 aliphatic rings. The number of aromatic nitrogens is 6. The van der Waals surface area contributed by atoms with Gasteiger partial charge in [-0.3, -0.25) is 0 Å². The van der Waals surface area contributed by atoms with Crippen LogP contribution in [-0.4, -0.2) is 46.0 Å². The van der Waals surface area contributed by atoms with Gasteiger partial charge in [0.15, 0.2) is 17.0 Å². The number of hydrogen-bond donors (Lipinski definition) is 1. The molecule has 4 aromatic rings. The summed E-state index contributed by atoms with van der Waals surface area (Å²) < 4.78 is 41.8. The molecule has 0 bridgehead atoms. The van der Waals surface area contributed by atoms with Gasteiger partial charge in [0.2, 0.25) is 0 Å². The van der Waals surface area contributed by atoms with Crippen LogP contribution in [0.1, 0.15) is 23.0 Å². The Kier molecular flexibility index (Phi) is 4.45. The van der Waals surface area contributed by atoms with Crippen LogP contribution < -0.4 is 0 Å². The van der Waals surface area contributed by atoms with Gasteiger partial charge in [-0.05, 0) is 17.9 Å². The quantitative estimate of drug-likeness (QED) is 0.503. The van der Waals surface area contributed by atoms with Gasteiger partial charge >= 0.3 is 12.1 Å². The third kappa shape index (κ3) is 3.09. The van der Waals surface area contributed by atoms with Crippen molar-refractivity contribution in [1.29, 1.82) is 0 Å². The maximum atomic E-state index is 13.0. The van der Waals surface area contributed by atoms with E-state index in [1.807, 2.05) is 6.92 Å². The second-order valence-corrected chi connectivity index (χ2v) is 7.30. The SMILES string of the molecule is CCSc1nn2c(C(=O)O)ccnc2c1-c1nc2cc(C(F)(F)F)cnc2n1C. The van der Waals surface area contributed by atoms with Crippen LogP contribution in [0.4, 0.5) is 13.2 Å². The highest BCUT2D eigenvalue weighted by atomic mass is 32.2. The van der Waals surface area contributed by atoms with Gasteiger partial charge in [0.25, 0.3) is 0 Å². The lowest BCUT2D eigenvalue weighted by Crippen LogP contribution is -2.07. The average molecular weight is 422 g/mol. The van der Waals surface area contributed by atoms with Crippen molar-refractivity contribution in [3.63, 3.8) is 0 Å². The Balaban J connectivity index is 2.02. The molecular weight excluding hydrogens is 409 g/mol. The summed E-state index contributed by atoms with van der Waals surface area (Å²) in [6.45, 7) is 1.90. The summed E-state index contributed by atoms with van der Waals surface area (Å²) in [5, 5.41) is 14.3. The highest BCUT2D eigenvalue weighted by Crippen LogP contribution is 2.36. The van der Waals surface area contributed by atoms with Crippen LogP contribution in [0.3, 0.4) is 0 Å². The fourth-order valence-corrected chi connectivity index (χ4v) is 3.72. The maximum Gasteiger partial charge on any atom is 0.417 e. The third-order valence-electron chi connectivity index (χ3n) is 4.25. The second kappa shape index (κ2) is 6.72. The summed E-state index contributed by atoms with van der Waals surface area (Å²) in [5.41, 5.74) is 0.0245. The number of carboxylic acids is 1. The van der Waals surface area contributed by atoms with Crippen molar-refractivity contribution >= 4 is 34.5 Å². The number of carboxylic acid groups (broad SMARTS) is 1. The fourth-order valence-electron chi connectivity index (χ4n) is 2.98. The molecule has 0 radical (unpaired) electrons. The minimum atomic E-state index is -4.54. The molecule has 0 saturated carbocycles. The van der Waals surface area contributed by atoms with Crippen molar-refractivity contribution in [1.82, 2.24) is 29.1 Å². The molecule has 0 amide bonds. The minimum Gasteiger partial charge on any atom is -0.477 e. The molecule has 4 heterocycles. The van der Waals surface area contributed by atoms with Crippen LogP contribution in [0, 0.1) is 0 Å². The lowest BCUT2D eigenvalue weighted by Gasteiger charge is -2.05. The van der Waals surface area contributed by atoms with E-state index in [0.29, 0.717) is 22.2 Å². The number of alkyl halides is 3. The zero-order valence-corrected chi connectivity index (χ0v) is 15.9. The Morgan fingerprint density at radius 2 is 2.03 bits per heavy atom. The van der Waals surface area contributed by atoms with Gasteiger partial charge in [0.05, 0.1) is 11.1 Å². The summed E-state index contributed by atoms with van der Waals surface area (Å²) in [7, 11) is 1.62. The number of nitrogens with zero attached hydrogens (tertiary/aromatic N) is 6. The first-order valence-electron chi connectivity index (χ1n) is 8.36. The fraction of sp³-hybridized carbons (Fsp3) is 0.235. The predicted octanol–water partition coefficient (Wildman–Crippen LogP) is 3.51. The number of thioether (sulfide) groups is 1. The van der Waals surface area contributed by atoms with Gasteiger partial charge in [-0.25, -0.2) is 24.3 Å². The highest BCUT2D eigenvalue weighted by Gasteiger charge is 2.32. The molecule has 0 spiro atoms. The first-order valence-corrected chi connectivity index (χ1v) is 9.34. The summed E-state index contributed by atoms with van der Waals surface area (Å²) in [5.74, 6) is -0.242. The molecule has 0 aliphatic heterocycles. The predicted molar refractivity (Wildman–Crippen MR) is 98.8 cm³/mol. The van der Waals surface area contributed by atoms with E-state index in [2.05, 4.69) is 20.1 Å². The summed E-state index contributed by atoms with van der Waals surface area (Å²) in [6.07, 6.45) is -2.44. The standard InChI is InChI=1S/C17H13F3N6O2S/c1-3-29-15-11(13-21-5-4-10(16(27)28)26(13)24-15)14-23-9-6-8(17(18,19)20)7-22-12(9)25(14)2/h4-7H,3H2,1-2H3,(H,27,28). The van der Waals surface area contributed by atoms with Crippen LogP contribution in [0.5, 0.6) is 0 Å². The van der Waals surface area contributed by atoms with E-state index in [1.165, 1.54) is 28.5 Å². The third-order valence-corrected chi connectivity index (χ3v) is 5.09. The van der Waals surface area contributed by atoms with Gasteiger partial charge in [0, 0.05) is 19.4 Å². The Hall–Kier alpha value is -3.15. The summed E-state index contributed by atoms with van der Waals surface area (Å²) in [6, 6.07) is 2.25. The van der Waals surface area contributed by atoms with E-state index in [-0.39, 0.29) is 22.5 Å². The van der Waals surface area contributed by atoms with Crippen molar-refractivity contribution < 1.29 is 23.1 Å². The molecular formula is C17H13F3N6O2S. The number of aromatic carboxylic acids is 1. The lowest BCUT2D eigenvalue weighted by atomic mass is 10.2. The Labute approximate surface area is 165 Å². The second-order valence-electron chi connectivity index (χ2n) is 6.04.